The Labute approximate surface area is 189 Å². The molecule has 1 aliphatic carbocycles. The van der Waals surface area contributed by atoms with Gasteiger partial charge in [-0.25, -0.2) is 15.0 Å². The Morgan fingerprint density at radius 3 is 2.84 bits per heavy atom. The van der Waals surface area contributed by atoms with E-state index in [1.165, 1.54) is 11.3 Å². The number of aliphatic hydroxyl groups is 1. The molecular formula is C23H23N5O3S. The number of nitrogens with zero attached hydrogens (tertiary/aromatic N) is 4. The van der Waals surface area contributed by atoms with Crippen molar-refractivity contribution in [3.05, 3.63) is 47.5 Å². The molecule has 2 aromatic heterocycles. The number of carbonyl (C=O) groups is 1. The minimum Gasteiger partial charge on any atom is -0.381 e. The van der Waals surface area contributed by atoms with E-state index in [1.807, 2.05) is 29.6 Å². The summed E-state index contributed by atoms with van der Waals surface area (Å²) in [6.07, 6.45) is 2.14. The van der Waals surface area contributed by atoms with Crippen LogP contribution in [-0.2, 0) is 15.1 Å². The first-order valence-electron chi connectivity index (χ1n) is 10.7. The van der Waals surface area contributed by atoms with E-state index in [1.54, 1.807) is 24.2 Å². The molecule has 2 aliphatic heterocycles. The number of rotatable bonds is 5. The van der Waals surface area contributed by atoms with Crippen LogP contribution in [0.3, 0.4) is 0 Å². The van der Waals surface area contributed by atoms with Gasteiger partial charge in [0.25, 0.3) is 5.91 Å². The third-order valence-corrected chi connectivity index (χ3v) is 7.66. The first-order valence-corrected chi connectivity index (χ1v) is 11.6. The number of likely N-dealkylation sites (N-methyl/N-ethyl adjacent to an activating group) is 1. The highest BCUT2D eigenvalue weighted by atomic mass is 32.1. The second kappa shape index (κ2) is 7.33. The highest BCUT2D eigenvalue weighted by molar-refractivity contribution is 7.13. The summed E-state index contributed by atoms with van der Waals surface area (Å²) in [5.41, 5.74) is 1.54. The summed E-state index contributed by atoms with van der Waals surface area (Å²) in [5, 5.41) is 17.2. The van der Waals surface area contributed by atoms with Gasteiger partial charge in [-0.05, 0) is 17.7 Å². The molecule has 0 radical (unpaired) electrons. The molecule has 0 bridgehead atoms. The average Bonchev–Trinajstić information content (AvgIpc) is 3.27. The van der Waals surface area contributed by atoms with E-state index in [-0.39, 0.29) is 5.91 Å². The molecule has 32 heavy (non-hydrogen) atoms. The standard InChI is InChI=1S/C23H23N5O3S/c1-28-8-6-23(30,21(28)29)14-4-2-3-13(9-14)20-25-18(12-32-20)17-5-7-24-22(26-17)27-19-15-10-31-11-16(15)19/h2-5,7,9,12,15-16,19,30H,6,8,10-11H2,1H3,(H,24,26,27). The Bertz CT molecular complexity index is 1190. The number of hydrogen-bond acceptors (Lipinski definition) is 8. The number of anilines is 1. The number of benzene rings is 1. The number of likely N-dealkylation sites (tertiary alicyclic amines) is 1. The first kappa shape index (κ1) is 19.8. The predicted octanol–water partition coefficient (Wildman–Crippen LogP) is 2.37. The maximum absolute atomic E-state index is 12.5. The lowest BCUT2D eigenvalue weighted by molar-refractivity contribution is -0.143. The minimum absolute atomic E-state index is 0.262. The second-order valence-corrected chi connectivity index (χ2v) is 9.61. The fourth-order valence-electron chi connectivity index (χ4n) is 4.73. The molecule has 3 fully saturated rings. The molecule has 2 N–H and O–H groups in total. The lowest BCUT2D eigenvalue weighted by atomic mass is 9.91. The second-order valence-electron chi connectivity index (χ2n) is 8.76. The smallest absolute Gasteiger partial charge is 0.258 e. The van der Waals surface area contributed by atoms with E-state index in [2.05, 4.69) is 15.3 Å². The molecule has 1 amide bonds. The first-order chi connectivity index (χ1) is 15.5. The maximum atomic E-state index is 12.5. The Balaban J connectivity index is 1.24. The fourth-order valence-corrected chi connectivity index (χ4v) is 5.54. The highest BCUT2D eigenvalue weighted by Crippen LogP contribution is 2.45. The average molecular weight is 450 g/mol. The zero-order valence-electron chi connectivity index (χ0n) is 17.6. The maximum Gasteiger partial charge on any atom is 0.258 e. The number of carbonyl (C=O) groups excluding carboxylic acids is 1. The Hall–Kier alpha value is -2.88. The lowest BCUT2D eigenvalue weighted by Gasteiger charge is -2.21. The summed E-state index contributed by atoms with van der Waals surface area (Å²) in [5.74, 6) is 1.50. The van der Waals surface area contributed by atoms with E-state index in [4.69, 9.17) is 9.72 Å². The molecule has 1 aromatic carbocycles. The van der Waals surface area contributed by atoms with E-state index in [9.17, 15) is 9.90 Å². The quantitative estimate of drug-likeness (QED) is 0.617. The Morgan fingerprint density at radius 2 is 2.06 bits per heavy atom. The summed E-state index contributed by atoms with van der Waals surface area (Å²) < 4.78 is 5.44. The number of hydrogen-bond donors (Lipinski definition) is 2. The van der Waals surface area contributed by atoms with Gasteiger partial charge in [0.1, 0.15) is 10.7 Å². The normalized spacial score (nSPS) is 28.8. The molecule has 1 saturated carbocycles. The van der Waals surface area contributed by atoms with Gasteiger partial charge < -0.3 is 20.1 Å². The van der Waals surface area contributed by atoms with Gasteiger partial charge in [0.2, 0.25) is 5.95 Å². The molecule has 0 spiro atoms. The third kappa shape index (κ3) is 3.19. The number of aromatic nitrogens is 3. The Morgan fingerprint density at radius 1 is 1.22 bits per heavy atom. The predicted molar refractivity (Wildman–Crippen MR) is 120 cm³/mol. The van der Waals surface area contributed by atoms with Gasteiger partial charge in [-0.3, -0.25) is 4.79 Å². The summed E-state index contributed by atoms with van der Waals surface area (Å²) >= 11 is 1.51. The van der Waals surface area contributed by atoms with Crippen molar-refractivity contribution in [2.45, 2.75) is 18.1 Å². The Kier molecular flexibility index (Phi) is 4.53. The van der Waals surface area contributed by atoms with Crippen LogP contribution in [0.5, 0.6) is 0 Å². The number of fused-ring (bicyclic) bond motifs is 1. The number of amides is 1. The van der Waals surface area contributed by atoms with Crippen LogP contribution >= 0.6 is 11.3 Å². The van der Waals surface area contributed by atoms with Crippen LogP contribution in [0.2, 0.25) is 0 Å². The lowest BCUT2D eigenvalue weighted by Crippen LogP contribution is -2.36. The van der Waals surface area contributed by atoms with Gasteiger partial charge in [-0.1, -0.05) is 18.2 Å². The third-order valence-electron chi connectivity index (χ3n) is 6.77. The summed E-state index contributed by atoms with van der Waals surface area (Å²) in [6, 6.07) is 9.72. The van der Waals surface area contributed by atoms with Gasteiger partial charge in [-0.2, -0.15) is 0 Å². The van der Waals surface area contributed by atoms with Crippen LogP contribution in [0.4, 0.5) is 5.95 Å². The summed E-state index contributed by atoms with van der Waals surface area (Å²) in [7, 11) is 1.71. The van der Waals surface area contributed by atoms with Crippen molar-refractivity contribution in [3.8, 4) is 22.0 Å². The van der Waals surface area contributed by atoms with E-state index < -0.39 is 5.60 Å². The number of thiazole rings is 1. The molecule has 3 atom stereocenters. The van der Waals surface area contributed by atoms with Crippen molar-refractivity contribution >= 4 is 23.2 Å². The molecular weight excluding hydrogens is 426 g/mol. The van der Waals surface area contributed by atoms with Gasteiger partial charge in [0, 0.05) is 55.0 Å². The van der Waals surface area contributed by atoms with Crippen molar-refractivity contribution in [1.29, 1.82) is 0 Å². The molecule has 3 aromatic rings. The van der Waals surface area contributed by atoms with E-state index >= 15 is 0 Å². The summed E-state index contributed by atoms with van der Waals surface area (Å²) in [4.78, 5) is 27.8. The van der Waals surface area contributed by atoms with E-state index in [0.717, 1.165) is 35.2 Å². The molecule has 2 saturated heterocycles. The topological polar surface area (TPSA) is 100 Å². The fraction of sp³-hybridized carbons (Fsp3) is 0.391. The van der Waals surface area contributed by atoms with Crippen LogP contribution in [0.15, 0.2) is 41.9 Å². The van der Waals surface area contributed by atoms with E-state index in [0.29, 0.717) is 42.4 Å². The molecule has 4 heterocycles. The van der Waals surface area contributed by atoms with Crippen LogP contribution in [-0.4, -0.2) is 63.7 Å². The zero-order valence-corrected chi connectivity index (χ0v) is 18.4. The molecule has 3 aliphatic rings. The monoisotopic (exact) mass is 449 g/mol. The van der Waals surface area contributed by atoms with Gasteiger partial charge in [0.15, 0.2) is 5.60 Å². The molecule has 9 heteroatoms. The van der Waals surface area contributed by atoms with Crippen molar-refractivity contribution in [2.75, 3.05) is 32.1 Å². The number of ether oxygens (including phenoxy) is 1. The van der Waals surface area contributed by atoms with Crippen LogP contribution < -0.4 is 5.32 Å². The number of nitrogens with one attached hydrogen (secondary N) is 1. The SMILES string of the molecule is CN1CCC(O)(c2cccc(-c3nc(-c4ccnc(NC5C6COCC65)n4)cs3)c2)C1=O. The van der Waals surface area contributed by atoms with Crippen LogP contribution in [0.25, 0.3) is 22.0 Å². The van der Waals surface area contributed by atoms with Gasteiger partial charge in [0.05, 0.1) is 18.9 Å². The minimum atomic E-state index is -1.47. The summed E-state index contributed by atoms with van der Waals surface area (Å²) in [6.45, 7) is 2.17. The van der Waals surface area contributed by atoms with Gasteiger partial charge in [-0.15, -0.1) is 11.3 Å². The molecule has 6 rings (SSSR count). The van der Waals surface area contributed by atoms with Gasteiger partial charge >= 0.3 is 0 Å². The highest BCUT2D eigenvalue weighted by Gasteiger charge is 2.54. The van der Waals surface area contributed by atoms with Crippen LogP contribution in [0, 0.1) is 11.8 Å². The zero-order chi connectivity index (χ0) is 21.9. The van der Waals surface area contributed by atoms with Crippen molar-refractivity contribution in [3.63, 3.8) is 0 Å². The molecule has 164 valence electrons. The van der Waals surface area contributed by atoms with Crippen molar-refractivity contribution < 1.29 is 14.6 Å². The largest absolute Gasteiger partial charge is 0.381 e. The van der Waals surface area contributed by atoms with Crippen molar-refractivity contribution in [1.82, 2.24) is 19.9 Å². The van der Waals surface area contributed by atoms with Crippen LogP contribution in [0.1, 0.15) is 12.0 Å². The molecule has 3 unspecified atom stereocenters. The molecule has 8 nitrogen and oxygen atoms in total. The van der Waals surface area contributed by atoms with Crippen molar-refractivity contribution in [2.24, 2.45) is 11.8 Å².